The van der Waals surface area contributed by atoms with Crippen molar-refractivity contribution in [1.82, 2.24) is 14.8 Å². The van der Waals surface area contributed by atoms with Crippen LogP contribution in [0.4, 0.5) is 0 Å². The van der Waals surface area contributed by atoms with Crippen molar-refractivity contribution in [2.45, 2.75) is 52.5 Å². The third kappa shape index (κ3) is 2.43. The van der Waals surface area contributed by atoms with Gasteiger partial charge < -0.3 is 10.3 Å². The quantitative estimate of drug-likeness (QED) is 0.822. The molecular formula is C12H22N4. The molecule has 0 amide bonds. The summed E-state index contributed by atoms with van der Waals surface area (Å²) in [7, 11) is 0. The minimum absolute atomic E-state index is 0.319. The Morgan fingerprint density at radius 2 is 2.12 bits per heavy atom. The predicted molar refractivity (Wildman–Crippen MR) is 64.1 cm³/mol. The minimum Gasteiger partial charge on any atom is -0.330 e. The molecule has 90 valence electrons. The molecule has 0 spiro atoms. The first kappa shape index (κ1) is 11.6. The number of fused-ring (bicyclic) bond motifs is 1. The maximum Gasteiger partial charge on any atom is 0.133 e. The van der Waals surface area contributed by atoms with Crippen LogP contribution < -0.4 is 5.73 Å². The van der Waals surface area contributed by atoms with Crippen molar-refractivity contribution in [3.05, 3.63) is 11.6 Å². The Morgan fingerprint density at radius 1 is 1.31 bits per heavy atom. The third-order valence-corrected chi connectivity index (χ3v) is 3.53. The summed E-state index contributed by atoms with van der Waals surface area (Å²) in [6, 6.07) is 0. The van der Waals surface area contributed by atoms with E-state index < -0.39 is 0 Å². The lowest BCUT2D eigenvalue weighted by molar-refractivity contribution is 0.309. The van der Waals surface area contributed by atoms with Crippen molar-refractivity contribution in [2.75, 3.05) is 6.54 Å². The molecule has 0 fully saturated rings. The van der Waals surface area contributed by atoms with Gasteiger partial charge in [-0.15, -0.1) is 10.2 Å². The Hall–Kier alpha value is -0.900. The monoisotopic (exact) mass is 222 g/mol. The molecule has 0 bridgehead atoms. The first-order valence-corrected chi connectivity index (χ1v) is 6.23. The summed E-state index contributed by atoms with van der Waals surface area (Å²) in [5, 5.41) is 8.51. The summed E-state index contributed by atoms with van der Waals surface area (Å²) in [5.41, 5.74) is 5.94. The second kappa shape index (κ2) is 4.53. The second-order valence-corrected chi connectivity index (χ2v) is 5.49. The molecule has 1 aliphatic heterocycles. The Balaban J connectivity index is 1.95. The third-order valence-electron chi connectivity index (χ3n) is 3.53. The Morgan fingerprint density at radius 3 is 2.88 bits per heavy atom. The van der Waals surface area contributed by atoms with Gasteiger partial charge in [-0.25, -0.2) is 0 Å². The summed E-state index contributed by atoms with van der Waals surface area (Å²) in [6.07, 6.45) is 5.57. The fourth-order valence-electron chi connectivity index (χ4n) is 2.36. The lowest BCUT2D eigenvalue weighted by Gasteiger charge is -2.23. The molecule has 0 saturated heterocycles. The van der Waals surface area contributed by atoms with Crippen LogP contribution in [0.2, 0.25) is 0 Å². The van der Waals surface area contributed by atoms with Crippen LogP contribution in [0.3, 0.4) is 0 Å². The molecule has 0 unspecified atom stereocenters. The van der Waals surface area contributed by atoms with Crippen LogP contribution >= 0.6 is 0 Å². The molecule has 0 radical (unpaired) electrons. The van der Waals surface area contributed by atoms with E-state index in [4.69, 9.17) is 5.73 Å². The zero-order valence-corrected chi connectivity index (χ0v) is 10.4. The van der Waals surface area contributed by atoms with Crippen LogP contribution in [0.25, 0.3) is 0 Å². The van der Waals surface area contributed by atoms with Crippen LogP contribution in [0.15, 0.2) is 0 Å². The average Bonchev–Trinajstić information content (AvgIpc) is 2.76. The molecule has 16 heavy (non-hydrogen) atoms. The van der Waals surface area contributed by atoms with Gasteiger partial charge in [-0.05, 0) is 31.2 Å². The highest BCUT2D eigenvalue weighted by Gasteiger charge is 2.21. The number of nitrogens with two attached hydrogens (primary N) is 1. The summed E-state index contributed by atoms with van der Waals surface area (Å²) in [4.78, 5) is 0. The maximum atomic E-state index is 5.62. The van der Waals surface area contributed by atoms with Gasteiger partial charge >= 0.3 is 0 Å². The highest BCUT2D eigenvalue weighted by atomic mass is 15.3. The molecule has 2 heterocycles. The summed E-state index contributed by atoms with van der Waals surface area (Å²) < 4.78 is 2.29. The summed E-state index contributed by atoms with van der Waals surface area (Å²) >= 11 is 0. The molecule has 0 atom stereocenters. The van der Waals surface area contributed by atoms with Crippen LogP contribution in [-0.2, 0) is 19.4 Å². The van der Waals surface area contributed by atoms with E-state index in [-0.39, 0.29) is 0 Å². The van der Waals surface area contributed by atoms with Crippen molar-refractivity contribution in [1.29, 1.82) is 0 Å². The van der Waals surface area contributed by atoms with E-state index in [2.05, 4.69) is 28.6 Å². The van der Waals surface area contributed by atoms with Crippen LogP contribution in [0, 0.1) is 5.41 Å². The van der Waals surface area contributed by atoms with E-state index in [0.717, 1.165) is 44.6 Å². The van der Waals surface area contributed by atoms with Gasteiger partial charge in [0.1, 0.15) is 11.6 Å². The van der Waals surface area contributed by atoms with Crippen molar-refractivity contribution < 1.29 is 0 Å². The van der Waals surface area contributed by atoms with Crippen LogP contribution in [-0.4, -0.2) is 21.3 Å². The fourth-order valence-corrected chi connectivity index (χ4v) is 2.36. The Bertz CT molecular complexity index is 354. The molecule has 2 N–H and O–H groups in total. The van der Waals surface area contributed by atoms with Gasteiger partial charge in [0, 0.05) is 19.4 Å². The van der Waals surface area contributed by atoms with E-state index in [1.54, 1.807) is 0 Å². The molecule has 4 heteroatoms. The SMILES string of the molecule is CC(C)(CCN)CCc1nnc2n1CCC2. The van der Waals surface area contributed by atoms with Crippen LogP contribution in [0.5, 0.6) is 0 Å². The zero-order chi connectivity index (χ0) is 11.6. The largest absolute Gasteiger partial charge is 0.330 e. The second-order valence-electron chi connectivity index (χ2n) is 5.49. The topological polar surface area (TPSA) is 56.7 Å². The normalized spacial score (nSPS) is 15.4. The molecule has 1 aliphatic rings. The number of hydrogen-bond acceptors (Lipinski definition) is 3. The average molecular weight is 222 g/mol. The highest BCUT2D eigenvalue weighted by Crippen LogP contribution is 2.26. The minimum atomic E-state index is 0.319. The smallest absolute Gasteiger partial charge is 0.133 e. The highest BCUT2D eigenvalue weighted by molar-refractivity contribution is 5.01. The van der Waals surface area contributed by atoms with E-state index in [1.807, 2.05) is 0 Å². The van der Waals surface area contributed by atoms with Crippen molar-refractivity contribution in [3.8, 4) is 0 Å². The Labute approximate surface area is 97.2 Å². The number of aryl methyl sites for hydroxylation is 2. The number of aromatic nitrogens is 3. The van der Waals surface area contributed by atoms with Gasteiger partial charge in [0.15, 0.2) is 0 Å². The van der Waals surface area contributed by atoms with Crippen LogP contribution in [0.1, 0.15) is 44.8 Å². The zero-order valence-electron chi connectivity index (χ0n) is 10.4. The molecule has 0 saturated carbocycles. The maximum absolute atomic E-state index is 5.62. The first-order valence-electron chi connectivity index (χ1n) is 6.23. The first-order chi connectivity index (χ1) is 7.62. The Kier molecular flexibility index (Phi) is 3.28. The lowest BCUT2D eigenvalue weighted by atomic mass is 9.84. The molecule has 2 rings (SSSR count). The lowest BCUT2D eigenvalue weighted by Crippen LogP contribution is -2.18. The standard InChI is InChI=1S/C12H22N4/c1-12(2,7-8-13)6-5-11-15-14-10-4-3-9-16(10)11/h3-9,13H2,1-2H3. The number of nitrogens with zero attached hydrogens (tertiary/aromatic N) is 3. The van der Waals surface area contributed by atoms with Gasteiger partial charge in [0.25, 0.3) is 0 Å². The fraction of sp³-hybridized carbons (Fsp3) is 0.833. The van der Waals surface area contributed by atoms with Gasteiger partial charge in [-0.3, -0.25) is 0 Å². The van der Waals surface area contributed by atoms with E-state index in [0.29, 0.717) is 5.41 Å². The van der Waals surface area contributed by atoms with Gasteiger partial charge in [-0.2, -0.15) is 0 Å². The number of hydrogen-bond donors (Lipinski definition) is 1. The molecular weight excluding hydrogens is 200 g/mol. The molecule has 0 aliphatic carbocycles. The predicted octanol–water partition coefficient (Wildman–Crippen LogP) is 1.53. The van der Waals surface area contributed by atoms with E-state index in [1.165, 1.54) is 12.2 Å². The molecule has 0 aromatic carbocycles. The van der Waals surface area contributed by atoms with Gasteiger partial charge in [0.05, 0.1) is 0 Å². The van der Waals surface area contributed by atoms with Crippen molar-refractivity contribution >= 4 is 0 Å². The number of rotatable bonds is 5. The van der Waals surface area contributed by atoms with Gasteiger partial charge in [-0.1, -0.05) is 13.8 Å². The summed E-state index contributed by atoms with van der Waals surface area (Å²) in [5.74, 6) is 2.34. The van der Waals surface area contributed by atoms with E-state index >= 15 is 0 Å². The van der Waals surface area contributed by atoms with Crippen molar-refractivity contribution in [3.63, 3.8) is 0 Å². The molecule has 1 aromatic rings. The summed E-state index contributed by atoms with van der Waals surface area (Å²) in [6.45, 7) is 6.43. The van der Waals surface area contributed by atoms with Gasteiger partial charge in [0.2, 0.25) is 0 Å². The van der Waals surface area contributed by atoms with E-state index in [9.17, 15) is 0 Å². The molecule has 4 nitrogen and oxygen atoms in total. The molecule has 1 aromatic heterocycles. The van der Waals surface area contributed by atoms with Crippen molar-refractivity contribution in [2.24, 2.45) is 11.1 Å².